The number of hydrogen-bond acceptors (Lipinski definition) is 3. The largest absolute Gasteiger partial charge is 0.478 e. The maximum Gasteiger partial charge on any atom is 0.213 e. The Morgan fingerprint density at radius 2 is 1.60 bits per heavy atom. The van der Waals surface area contributed by atoms with E-state index in [-0.39, 0.29) is 0 Å². The molecule has 0 saturated heterocycles. The Morgan fingerprint density at radius 1 is 0.900 bits per heavy atom. The third-order valence-electron chi connectivity index (χ3n) is 3.41. The van der Waals surface area contributed by atoms with E-state index in [0.29, 0.717) is 12.5 Å². The fraction of sp³-hybridized carbons (Fsp3) is 0.471. The van der Waals surface area contributed by atoms with E-state index in [1.807, 2.05) is 24.4 Å². The summed E-state index contributed by atoms with van der Waals surface area (Å²) in [4.78, 5) is 4.32. The standard InChI is InChI=1S/C17H23NO2/c19-11-7-3-1-2-4-8-12-20-17-13-15-9-5-6-10-16(15)14-18-17/h5-6,9-10,13-14,19H,1-4,7-8,11-12H2. The first-order chi connectivity index (χ1) is 9.90. The van der Waals surface area contributed by atoms with Gasteiger partial charge in [0.05, 0.1) is 6.61 Å². The summed E-state index contributed by atoms with van der Waals surface area (Å²) in [5.41, 5.74) is 0. The molecule has 0 fully saturated rings. The second kappa shape index (κ2) is 8.54. The van der Waals surface area contributed by atoms with Gasteiger partial charge < -0.3 is 9.84 Å². The van der Waals surface area contributed by atoms with E-state index in [2.05, 4.69) is 17.1 Å². The number of ether oxygens (including phenoxy) is 1. The van der Waals surface area contributed by atoms with Crippen molar-refractivity contribution >= 4 is 10.8 Å². The van der Waals surface area contributed by atoms with Gasteiger partial charge in [0.1, 0.15) is 0 Å². The molecule has 108 valence electrons. The predicted octanol–water partition coefficient (Wildman–Crippen LogP) is 3.95. The van der Waals surface area contributed by atoms with E-state index in [0.717, 1.165) is 31.3 Å². The van der Waals surface area contributed by atoms with Crippen LogP contribution in [0.1, 0.15) is 38.5 Å². The molecule has 0 aliphatic carbocycles. The molecule has 3 nitrogen and oxygen atoms in total. The van der Waals surface area contributed by atoms with E-state index < -0.39 is 0 Å². The van der Waals surface area contributed by atoms with Crippen LogP contribution in [0.4, 0.5) is 0 Å². The van der Waals surface area contributed by atoms with E-state index in [1.54, 1.807) is 0 Å². The summed E-state index contributed by atoms with van der Waals surface area (Å²) >= 11 is 0. The zero-order chi connectivity index (χ0) is 14.0. The first-order valence-corrected chi connectivity index (χ1v) is 7.48. The van der Waals surface area contributed by atoms with Crippen molar-refractivity contribution in [2.75, 3.05) is 13.2 Å². The van der Waals surface area contributed by atoms with Gasteiger partial charge in [0.2, 0.25) is 5.88 Å². The molecule has 2 rings (SSSR count). The molecule has 0 spiro atoms. The van der Waals surface area contributed by atoms with Crippen LogP contribution in [0, 0.1) is 0 Å². The summed E-state index contributed by atoms with van der Waals surface area (Å²) in [6.07, 6.45) is 8.58. The fourth-order valence-electron chi connectivity index (χ4n) is 2.24. The van der Waals surface area contributed by atoms with E-state index in [4.69, 9.17) is 9.84 Å². The Bertz CT molecular complexity index is 513. The molecule has 0 atom stereocenters. The number of aliphatic hydroxyl groups is 1. The fourth-order valence-corrected chi connectivity index (χ4v) is 2.24. The normalized spacial score (nSPS) is 10.8. The number of aliphatic hydroxyl groups excluding tert-OH is 1. The number of nitrogens with zero attached hydrogens (tertiary/aromatic N) is 1. The third-order valence-corrected chi connectivity index (χ3v) is 3.41. The van der Waals surface area contributed by atoms with Gasteiger partial charge in [0, 0.05) is 24.3 Å². The van der Waals surface area contributed by atoms with Gasteiger partial charge in [0.15, 0.2) is 0 Å². The summed E-state index contributed by atoms with van der Waals surface area (Å²) in [6, 6.07) is 10.2. The first kappa shape index (κ1) is 14.8. The first-order valence-electron chi connectivity index (χ1n) is 7.48. The minimum Gasteiger partial charge on any atom is -0.478 e. The molecular formula is C17H23NO2. The molecule has 0 aliphatic rings. The lowest BCUT2D eigenvalue weighted by Gasteiger charge is -2.06. The lowest BCUT2D eigenvalue weighted by atomic mass is 10.1. The number of aromatic nitrogens is 1. The van der Waals surface area contributed by atoms with Crippen molar-refractivity contribution < 1.29 is 9.84 Å². The Balaban J connectivity index is 1.65. The highest BCUT2D eigenvalue weighted by Crippen LogP contribution is 2.17. The van der Waals surface area contributed by atoms with Gasteiger partial charge in [-0.05, 0) is 18.2 Å². The minimum absolute atomic E-state index is 0.316. The van der Waals surface area contributed by atoms with Gasteiger partial charge in [-0.3, -0.25) is 0 Å². The Labute approximate surface area is 120 Å². The van der Waals surface area contributed by atoms with Crippen molar-refractivity contribution in [1.29, 1.82) is 0 Å². The maximum atomic E-state index is 8.68. The Kier molecular flexibility index (Phi) is 6.32. The number of pyridine rings is 1. The molecular weight excluding hydrogens is 250 g/mol. The van der Waals surface area contributed by atoms with E-state index >= 15 is 0 Å². The molecule has 1 N–H and O–H groups in total. The highest BCUT2D eigenvalue weighted by Gasteiger charge is 1.98. The topological polar surface area (TPSA) is 42.4 Å². The average Bonchev–Trinajstić information content (AvgIpc) is 2.50. The number of benzene rings is 1. The van der Waals surface area contributed by atoms with Crippen molar-refractivity contribution in [3.8, 4) is 5.88 Å². The molecule has 0 amide bonds. The van der Waals surface area contributed by atoms with Crippen molar-refractivity contribution in [3.05, 3.63) is 36.5 Å². The average molecular weight is 273 g/mol. The SMILES string of the molecule is OCCCCCCCCOc1cc2ccccc2cn1. The van der Waals surface area contributed by atoms with E-state index in [1.165, 1.54) is 24.6 Å². The van der Waals surface area contributed by atoms with Crippen LogP contribution in [0.3, 0.4) is 0 Å². The quantitative estimate of drug-likeness (QED) is 0.703. The molecule has 0 radical (unpaired) electrons. The molecule has 0 aliphatic heterocycles. The predicted molar refractivity (Wildman–Crippen MR) is 82.0 cm³/mol. The molecule has 3 heteroatoms. The maximum absolute atomic E-state index is 8.68. The van der Waals surface area contributed by atoms with Gasteiger partial charge in [-0.25, -0.2) is 4.98 Å². The van der Waals surface area contributed by atoms with Gasteiger partial charge in [-0.2, -0.15) is 0 Å². The van der Waals surface area contributed by atoms with Gasteiger partial charge in [-0.15, -0.1) is 0 Å². The van der Waals surface area contributed by atoms with Crippen LogP contribution in [0.25, 0.3) is 10.8 Å². The van der Waals surface area contributed by atoms with Gasteiger partial charge in [-0.1, -0.05) is 49.9 Å². The van der Waals surface area contributed by atoms with Crippen LogP contribution in [0.5, 0.6) is 5.88 Å². The Morgan fingerprint density at radius 3 is 2.40 bits per heavy atom. The minimum atomic E-state index is 0.316. The van der Waals surface area contributed by atoms with Crippen molar-refractivity contribution in [3.63, 3.8) is 0 Å². The molecule has 0 saturated carbocycles. The van der Waals surface area contributed by atoms with Crippen LogP contribution < -0.4 is 4.74 Å². The molecule has 1 aromatic carbocycles. The van der Waals surface area contributed by atoms with Crippen molar-refractivity contribution in [2.45, 2.75) is 38.5 Å². The molecule has 0 unspecified atom stereocenters. The zero-order valence-corrected chi connectivity index (χ0v) is 11.9. The zero-order valence-electron chi connectivity index (χ0n) is 11.9. The van der Waals surface area contributed by atoms with Gasteiger partial charge >= 0.3 is 0 Å². The van der Waals surface area contributed by atoms with Crippen molar-refractivity contribution in [1.82, 2.24) is 4.98 Å². The van der Waals surface area contributed by atoms with Crippen LogP contribution in [-0.2, 0) is 0 Å². The number of fused-ring (bicyclic) bond motifs is 1. The summed E-state index contributed by atoms with van der Waals surface area (Å²) < 4.78 is 5.69. The van der Waals surface area contributed by atoms with Crippen molar-refractivity contribution in [2.24, 2.45) is 0 Å². The Hall–Kier alpha value is -1.61. The number of rotatable bonds is 9. The number of unbranched alkanes of at least 4 members (excludes halogenated alkanes) is 5. The highest BCUT2D eigenvalue weighted by atomic mass is 16.5. The molecule has 0 bridgehead atoms. The molecule has 2 aromatic rings. The smallest absolute Gasteiger partial charge is 0.213 e. The molecule has 1 heterocycles. The van der Waals surface area contributed by atoms with Gasteiger partial charge in [0.25, 0.3) is 0 Å². The van der Waals surface area contributed by atoms with Crippen LogP contribution in [0.2, 0.25) is 0 Å². The summed E-state index contributed by atoms with van der Waals surface area (Å²) in [6.45, 7) is 1.04. The summed E-state index contributed by atoms with van der Waals surface area (Å²) in [5, 5.41) is 11.0. The molecule has 1 aromatic heterocycles. The van der Waals surface area contributed by atoms with Crippen LogP contribution in [-0.4, -0.2) is 23.3 Å². The van der Waals surface area contributed by atoms with E-state index in [9.17, 15) is 0 Å². The number of hydrogen-bond donors (Lipinski definition) is 1. The molecule has 20 heavy (non-hydrogen) atoms. The monoisotopic (exact) mass is 273 g/mol. The van der Waals surface area contributed by atoms with Crippen LogP contribution in [0.15, 0.2) is 36.5 Å². The highest BCUT2D eigenvalue weighted by molar-refractivity contribution is 5.82. The second-order valence-electron chi connectivity index (χ2n) is 5.06. The lowest BCUT2D eigenvalue weighted by molar-refractivity contribution is 0.279. The van der Waals surface area contributed by atoms with Crippen LogP contribution >= 0.6 is 0 Å². The summed E-state index contributed by atoms with van der Waals surface area (Å²) in [5.74, 6) is 0.712. The second-order valence-corrected chi connectivity index (χ2v) is 5.06. The summed E-state index contributed by atoms with van der Waals surface area (Å²) in [7, 11) is 0. The lowest BCUT2D eigenvalue weighted by Crippen LogP contribution is -1.99. The third kappa shape index (κ3) is 4.82.